The van der Waals surface area contributed by atoms with Crippen LogP contribution in [-0.2, 0) is 6.54 Å². The first-order valence-corrected chi connectivity index (χ1v) is 8.02. The molecule has 1 unspecified atom stereocenters. The molecule has 108 valence electrons. The standard InChI is InChI=1S/C13H24N4OS/c1-2-7-14-13-12(15-16-19-13)9-17-8-5-3-4-6-11(17)10-18/h11,14,18H,2-10H2,1H3. The summed E-state index contributed by atoms with van der Waals surface area (Å²) in [7, 11) is 0. The van der Waals surface area contributed by atoms with Crippen molar-refractivity contribution in [1.82, 2.24) is 14.5 Å². The van der Waals surface area contributed by atoms with Crippen LogP contribution in [0.15, 0.2) is 0 Å². The minimum Gasteiger partial charge on any atom is -0.395 e. The minimum absolute atomic E-state index is 0.245. The van der Waals surface area contributed by atoms with E-state index < -0.39 is 0 Å². The lowest BCUT2D eigenvalue weighted by molar-refractivity contribution is 0.117. The molecule has 2 rings (SSSR count). The Bertz CT molecular complexity index is 371. The highest BCUT2D eigenvalue weighted by Gasteiger charge is 2.22. The first kappa shape index (κ1) is 14.7. The van der Waals surface area contributed by atoms with Gasteiger partial charge in [0.15, 0.2) is 0 Å². The SMILES string of the molecule is CCCNc1snnc1CN1CCCCCC1CO. The molecule has 1 fully saturated rings. The summed E-state index contributed by atoms with van der Waals surface area (Å²) in [5, 5.41) is 18.3. The number of anilines is 1. The van der Waals surface area contributed by atoms with Crippen LogP contribution in [0.4, 0.5) is 5.00 Å². The van der Waals surface area contributed by atoms with Crippen LogP contribution >= 0.6 is 11.5 Å². The summed E-state index contributed by atoms with van der Waals surface area (Å²) < 4.78 is 4.05. The number of hydrogen-bond acceptors (Lipinski definition) is 6. The van der Waals surface area contributed by atoms with E-state index >= 15 is 0 Å². The first-order chi connectivity index (χ1) is 9.35. The van der Waals surface area contributed by atoms with Gasteiger partial charge in [-0.15, -0.1) is 5.10 Å². The van der Waals surface area contributed by atoms with Crippen molar-refractivity contribution < 1.29 is 5.11 Å². The molecule has 1 aromatic rings. The number of aliphatic hydroxyl groups is 1. The van der Waals surface area contributed by atoms with E-state index in [0.717, 1.165) is 43.2 Å². The molecule has 6 heteroatoms. The second kappa shape index (κ2) is 7.77. The van der Waals surface area contributed by atoms with Crippen LogP contribution in [0.3, 0.4) is 0 Å². The van der Waals surface area contributed by atoms with Crippen LogP contribution in [0.1, 0.15) is 44.7 Å². The van der Waals surface area contributed by atoms with Gasteiger partial charge >= 0.3 is 0 Å². The molecule has 1 saturated heterocycles. The molecular formula is C13H24N4OS. The summed E-state index contributed by atoms with van der Waals surface area (Å²) in [4.78, 5) is 2.36. The third kappa shape index (κ3) is 4.12. The van der Waals surface area contributed by atoms with E-state index in [1.165, 1.54) is 30.8 Å². The van der Waals surface area contributed by atoms with Crippen molar-refractivity contribution in [3.63, 3.8) is 0 Å². The number of nitrogens with zero attached hydrogens (tertiary/aromatic N) is 3. The lowest BCUT2D eigenvalue weighted by Gasteiger charge is -2.27. The van der Waals surface area contributed by atoms with Gasteiger partial charge in [0.2, 0.25) is 0 Å². The third-order valence-corrected chi connectivity index (χ3v) is 4.38. The summed E-state index contributed by atoms with van der Waals surface area (Å²) in [5.74, 6) is 0. The average Bonchev–Trinajstić information content (AvgIpc) is 2.73. The van der Waals surface area contributed by atoms with Crippen LogP contribution in [0, 0.1) is 0 Å². The summed E-state index contributed by atoms with van der Waals surface area (Å²) in [6.45, 7) is 5.21. The van der Waals surface area contributed by atoms with Gasteiger partial charge in [0, 0.05) is 30.7 Å². The minimum atomic E-state index is 0.245. The number of nitrogens with one attached hydrogen (secondary N) is 1. The summed E-state index contributed by atoms with van der Waals surface area (Å²) in [6.07, 6.45) is 5.89. The van der Waals surface area contributed by atoms with Crippen LogP contribution < -0.4 is 5.32 Å². The number of aromatic nitrogens is 2. The van der Waals surface area contributed by atoms with Crippen molar-refractivity contribution >= 4 is 16.5 Å². The lowest BCUT2D eigenvalue weighted by Crippen LogP contribution is -2.37. The smallest absolute Gasteiger partial charge is 0.134 e. The van der Waals surface area contributed by atoms with Crippen molar-refractivity contribution in [3.8, 4) is 0 Å². The Kier molecular flexibility index (Phi) is 6.00. The Morgan fingerprint density at radius 1 is 1.42 bits per heavy atom. The Morgan fingerprint density at radius 3 is 3.11 bits per heavy atom. The Labute approximate surface area is 119 Å². The molecule has 0 aromatic carbocycles. The van der Waals surface area contributed by atoms with Gasteiger partial charge in [-0.1, -0.05) is 24.3 Å². The van der Waals surface area contributed by atoms with Gasteiger partial charge in [0.25, 0.3) is 0 Å². The van der Waals surface area contributed by atoms with Crippen molar-refractivity contribution in [3.05, 3.63) is 5.69 Å². The van der Waals surface area contributed by atoms with Gasteiger partial charge in [-0.2, -0.15) is 0 Å². The molecule has 1 atom stereocenters. The number of rotatable bonds is 6. The van der Waals surface area contributed by atoms with Crippen LogP contribution in [-0.4, -0.2) is 45.3 Å². The molecule has 0 saturated carbocycles. The number of hydrogen-bond donors (Lipinski definition) is 2. The second-order valence-electron chi connectivity index (χ2n) is 5.13. The lowest BCUT2D eigenvalue weighted by atomic mass is 10.1. The molecule has 0 bridgehead atoms. The van der Waals surface area contributed by atoms with Gasteiger partial charge in [0.05, 0.1) is 6.61 Å². The van der Waals surface area contributed by atoms with E-state index in [2.05, 4.69) is 26.7 Å². The Hall–Kier alpha value is -0.720. The molecule has 2 N–H and O–H groups in total. The maximum absolute atomic E-state index is 9.54. The first-order valence-electron chi connectivity index (χ1n) is 7.25. The highest BCUT2D eigenvalue weighted by atomic mass is 32.1. The normalized spacial score (nSPS) is 21.3. The molecule has 1 aromatic heterocycles. The third-order valence-electron chi connectivity index (χ3n) is 3.65. The van der Waals surface area contributed by atoms with Crippen molar-refractivity contribution in [1.29, 1.82) is 0 Å². The predicted octanol–water partition coefficient (Wildman–Crippen LogP) is 2.10. The Morgan fingerprint density at radius 2 is 2.32 bits per heavy atom. The fourth-order valence-electron chi connectivity index (χ4n) is 2.53. The zero-order valence-corrected chi connectivity index (χ0v) is 12.5. The summed E-state index contributed by atoms with van der Waals surface area (Å²) in [5.41, 5.74) is 1.03. The molecule has 1 aliphatic rings. The fourth-order valence-corrected chi connectivity index (χ4v) is 3.13. The van der Waals surface area contributed by atoms with Gasteiger partial charge in [-0.3, -0.25) is 4.90 Å². The quantitative estimate of drug-likeness (QED) is 0.837. The molecular weight excluding hydrogens is 260 g/mol. The van der Waals surface area contributed by atoms with Gasteiger partial charge in [-0.05, 0) is 25.8 Å². The van der Waals surface area contributed by atoms with Crippen molar-refractivity contribution in [2.75, 3.05) is 25.0 Å². The maximum Gasteiger partial charge on any atom is 0.134 e. The van der Waals surface area contributed by atoms with Gasteiger partial charge in [-0.25, -0.2) is 0 Å². The zero-order chi connectivity index (χ0) is 13.5. The van der Waals surface area contributed by atoms with Crippen LogP contribution in [0.5, 0.6) is 0 Å². The summed E-state index contributed by atoms with van der Waals surface area (Å²) in [6, 6.07) is 0.281. The second-order valence-corrected chi connectivity index (χ2v) is 5.89. The zero-order valence-electron chi connectivity index (χ0n) is 11.6. The predicted molar refractivity (Wildman–Crippen MR) is 78.4 cm³/mol. The van der Waals surface area contributed by atoms with Crippen LogP contribution in [0.2, 0.25) is 0 Å². The molecule has 0 radical (unpaired) electrons. The van der Waals surface area contributed by atoms with E-state index in [0.29, 0.717) is 0 Å². The molecule has 5 nitrogen and oxygen atoms in total. The largest absolute Gasteiger partial charge is 0.395 e. The van der Waals surface area contributed by atoms with E-state index in [-0.39, 0.29) is 12.6 Å². The molecule has 0 amide bonds. The molecule has 1 aliphatic heterocycles. The number of aliphatic hydroxyl groups excluding tert-OH is 1. The van der Waals surface area contributed by atoms with E-state index in [1.807, 2.05) is 0 Å². The molecule has 2 heterocycles. The van der Waals surface area contributed by atoms with Crippen molar-refractivity contribution in [2.45, 2.75) is 51.6 Å². The fraction of sp³-hybridized carbons (Fsp3) is 0.846. The van der Waals surface area contributed by atoms with Crippen LogP contribution in [0.25, 0.3) is 0 Å². The van der Waals surface area contributed by atoms with Gasteiger partial charge < -0.3 is 10.4 Å². The number of likely N-dealkylation sites (tertiary alicyclic amines) is 1. The monoisotopic (exact) mass is 284 g/mol. The van der Waals surface area contributed by atoms with E-state index in [9.17, 15) is 5.11 Å². The van der Waals surface area contributed by atoms with Gasteiger partial charge in [0.1, 0.15) is 10.7 Å². The molecule has 0 aliphatic carbocycles. The average molecular weight is 284 g/mol. The van der Waals surface area contributed by atoms with Crippen molar-refractivity contribution in [2.24, 2.45) is 0 Å². The highest BCUT2D eigenvalue weighted by Crippen LogP contribution is 2.23. The van der Waals surface area contributed by atoms with E-state index in [4.69, 9.17) is 0 Å². The highest BCUT2D eigenvalue weighted by molar-refractivity contribution is 7.10. The summed E-state index contributed by atoms with van der Waals surface area (Å²) >= 11 is 1.43. The Balaban J connectivity index is 1.99. The topological polar surface area (TPSA) is 61.3 Å². The molecule has 19 heavy (non-hydrogen) atoms. The van der Waals surface area contributed by atoms with E-state index in [1.54, 1.807) is 0 Å². The maximum atomic E-state index is 9.54. The molecule has 0 spiro atoms.